The van der Waals surface area contributed by atoms with E-state index in [1.807, 2.05) is 81.4 Å². The van der Waals surface area contributed by atoms with E-state index in [0.29, 0.717) is 25.8 Å². The maximum Gasteiger partial charge on any atom is 0.243 e. The van der Waals surface area contributed by atoms with Crippen LogP contribution >= 0.6 is 0 Å². The van der Waals surface area contributed by atoms with Crippen LogP contribution in [0.15, 0.2) is 84.9 Å². The summed E-state index contributed by atoms with van der Waals surface area (Å²) in [4.78, 5) is 29.2. The molecule has 3 rings (SSSR count). The zero-order valence-corrected chi connectivity index (χ0v) is 23.3. The van der Waals surface area contributed by atoms with Crippen molar-refractivity contribution in [3.8, 4) is 0 Å². The average molecular weight is 499 g/mol. The zero-order chi connectivity index (χ0) is 27.1. The van der Waals surface area contributed by atoms with Gasteiger partial charge in [0.15, 0.2) is 0 Å². The summed E-state index contributed by atoms with van der Waals surface area (Å²) < 4.78 is 0. The molecular weight excluding hydrogens is 456 g/mol. The number of hydrogen-bond acceptors (Lipinski definition) is 2. The second-order valence-electron chi connectivity index (χ2n) is 11.9. The van der Waals surface area contributed by atoms with Gasteiger partial charge < -0.3 is 10.2 Å². The Labute approximate surface area is 223 Å². The fourth-order valence-corrected chi connectivity index (χ4v) is 4.35. The van der Waals surface area contributed by atoms with Crippen LogP contribution in [-0.4, -0.2) is 28.3 Å². The summed E-state index contributed by atoms with van der Waals surface area (Å²) >= 11 is 0. The van der Waals surface area contributed by atoms with E-state index >= 15 is 0 Å². The van der Waals surface area contributed by atoms with Gasteiger partial charge in [0.05, 0.1) is 0 Å². The smallest absolute Gasteiger partial charge is 0.243 e. The van der Waals surface area contributed by atoms with Crippen LogP contribution in [0.5, 0.6) is 0 Å². The predicted octanol–water partition coefficient (Wildman–Crippen LogP) is 6.47. The lowest BCUT2D eigenvalue weighted by Crippen LogP contribution is -2.54. The molecule has 0 bridgehead atoms. The molecule has 4 heteroatoms. The van der Waals surface area contributed by atoms with E-state index in [1.165, 1.54) is 5.56 Å². The maximum absolute atomic E-state index is 13.8. The van der Waals surface area contributed by atoms with Crippen molar-refractivity contribution < 1.29 is 9.59 Å². The van der Waals surface area contributed by atoms with Crippen molar-refractivity contribution in [2.45, 2.75) is 84.3 Å². The molecule has 4 nitrogen and oxygen atoms in total. The van der Waals surface area contributed by atoms with E-state index in [-0.39, 0.29) is 17.2 Å². The molecule has 0 aliphatic rings. The Morgan fingerprint density at radius 3 is 1.78 bits per heavy atom. The van der Waals surface area contributed by atoms with Crippen LogP contribution in [0.3, 0.4) is 0 Å². The Bertz CT molecular complexity index is 1140. The quantitative estimate of drug-likeness (QED) is 0.367. The van der Waals surface area contributed by atoms with Crippen LogP contribution in [0.1, 0.15) is 70.2 Å². The first-order chi connectivity index (χ1) is 17.4. The van der Waals surface area contributed by atoms with E-state index in [1.54, 1.807) is 4.90 Å². The molecule has 0 saturated carbocycles. The standard InChI is InChI=1S/C33H42N2O2/c1-32(2,3)28-20-17-25(18-21-28)19-22-30(36)35(24-27-15-11-8-12-16-27)29(31(37)34-33(4,5)6)23-26-13-9-7-10-14-26/h7-18,20-21,29H,19,22-24H2,1-6H3,(H,34,37). The van der Waals surface area contributed by atoms with Gasteiger partial charge in [-0.25, -0.2) is 0 Å². The molecule has 3 aromatic carbocycles. The lowest BCUT2D eigenvalue weighted by Gasteiger charge is -2.34. The van der Waals surface area contributed by atoms with Gasteiger partial charge in [-0.1, -0.05) is 106 Å². The molecule has 3 aromatic rings. The van der Waals surface area contributed by atoms with E-state index < -0.39 is 11.6 Å². The normalized spacial score (nSPS) is 12.6. The van der Waals surface area contributed by atoms with Gasteiger partial charge in [-0.2, -0.15) is 0 Å². The highest BCUT2D eigenvalue weighted by molar-refractivity contribution is 5.88. The van der Waals surface area contributed by atoms with Crippen molar-refractivity contribution >= 4 is 11.8 Å². The summed E-state index contributed by atoms with van der Waals surface area (Å²) in [5, 5.41) is 3.12. The second-order valence-corrected chi connectivity index (χ2v) is 11.9. The van der Waals surface area contributed by atoms with Crippen molar-refractivity contribution in [3.05, 3.63) is 107 Å². The summed E-state index contributed by atoms with van der Waals surface area (Å²) in [5.74, 6) is -0.149. The van der Waals surface area contributed by atoms with Gasteiger partial charge in [-0.3, -0.25) is 9.59 Å². The van der Waals surface area contributed by atoms with Crippen LogP contribution in [0.25, 0.3) is 0 Å². The summed E-state index contributed by atoms with van der Waals surface area (Å²) in [7, 11) is 0. The summed E-state index contributed by atoms with van der Waals surface area (Å²) in [5.41, 5.74) is 4.12. The van der Waals surface area contributed by atoms with Crippen molar-refractivity contribution in [1.29, 1.82) is 0 Å². The van der Waals surface area contributed by atoms with Gasteiger partial charge in [0.2, 0.25) is 11.8 Å². The topological polar surface area (TPSA) is 49.4 Å². The number of nitrogens with zero attached hydrogens (tertiary/aromatic N) is 1. The van der Waals surface area contributed by atoms with Crippen LogP contribution in [-0.2, 0) is 34.4 Å². The number of nitrogens with one attached hydrogen (secondary N) is 1. The minimum atomic E-state index is -0.613. The van der Waals surface area contributed by atoms with Crippen LogP contribution in [0.2, 0.25) is 0 Å². The van der Waals surface area contributed by atoms with Crippen LogP contribution < -0.4 is 5.32 Å². The molecular formula is C33H42N2O2. The lowest BCUT2D eigenvalue weighted by molar-refractivity contribution is -0.141. The van der Waals surface area contributed by atoms with Crippen molar-refractivity contribution in [1.82, 2.24) is 10.2 Å². The van der Waals surface area contributed by atoms with E-state index in [4.69, 9.17) is 0 Å². The van der Waals surface area contributed by atoms with Crippen molar-refractivity contribution in [2.24, 2.45) is 0 Å². The van der Waals surface area contributed by atoms with Gasteiger partial charge >= 0.3 is 0 Å². The first kappa shape index (κ1) is 28.2. The molecule has 0 saturated heterocycles. The van der Waals surface area contributed by atoms with E-state index in [9.17, 15) is 9.59 Å². The molecule has 2 amide bonds. The highest BCUT2D eigenvalue weighted by atomic mass is 16.2. The number of carbonyl (C=O) groups excluding carboxylic acids is 2. The predicted molar refractivity (Wildman–Crippen MR) is 152 cm³/mol. The number of aryl methyl sites for hydroxylation is 1. The Kier molecular flexibility index (Phi) is 9.31. The third-order valence-electron chi connectivity index (χ3n) is 6.41. The van der Waals surface area contributed by atoms with E-state index in [0.717, 1.165) is 16.7 Å². The molecule has 0 heterocycles. The SMILES string of the molecule is CC(C)(C)NC(=O)C(Cc1ccccc1)N(Cc1ccccc1)C(=O)CCc1ccc(C(C)(C)C)cc1. The Morgan fingerprint density at radius 2 is 1.27 bits per heavy atom. The highest BCUT2D eigenvalue weighted by Gasteiger charge is 2.32. The van der Waals surface area contributed by atoms with Crippen LogP contribution in [0.4, 0.5) is 0 Å². The van der Waals surface area contributed by atoms with Crippen molar-refractivity contribution in [3.63, 3.8) is 0 Å². The zero-order valence-electron chi connectivity index (χ0n) is 23.3. The number of carbonyl (C=O) groups is 2. The highest BCUT2D eigenvalue weighted by Crippen LogP contribution is 2.23. The Balaban J connectivity index is 1.87. The van der Waals surface area contributed by atoms with Gasteiger partial charge in [-0.15, -0.1) is 0 Å². The van der Waals surface area contributed by atoms with E-state index in [2.05, 4.69) is 50.4 Å². The average Bonchev–Trinajstić information content (AvgIpc) is 2.84. The third kappa shape index (κ3) is 8.89. The molecule has 0 aliphatic carbocycles. The molecule has 0 spiro atoms. The summed E-state index contributed by atoms with van der Waals surface area (Å²) in [6.07, 6.45) is 1.44. The minimum Gasteiger partial charge on any atom is -0.350 e. The largest absolute Gasteiger partial charge is 0.350 e. The molecule has 196 valence electrons. The Morgan fingerprint density at radius 1 is 0.730 bits per heavy atom. The number of rotatable bonds is 9. The molecule has 0 aromatic heterocycles. The fraction of sp³-hybridized carbons (Fsp3) is 0.394. The molecule has 0 aliphatic heterocycles. The lowest BCUT2D eigenvalue weighted by atomic mass is 9.86. The van der Waals surface area contributed by atoms with Gasteiger partial charge in [0.25, 0.3) is 0 Å². The first-order valence-corrected chi connectivity index (χ1v) is 13.2. The molecule has 1 N–H and O–H groups in total. The molecule has 0 fully saturated rings. The Hall–Kier alpha value is -3.40. The van der Waals surface area contributed by atoms with Gasteiger partial charge in [0.1, 0.15) is 6.04 Å². The number of hydrogen-bond donors (Lipinski definition) is 1. The molecule has 1 atom stereocenters. The minimum absolute atomic E-state index is 0.0197. The van der Waals surface area contributed by atoms with Crippen molar-refractivity contribution in [2.75, 3.05) is 0 Å². The number of benzene rings is 3. The second kappa shape index (κ2) is 12.2. The molecule has 37 heavy (non-hydrogen) atoms. The van der Waals surface area contributed by atoms with Crippen LogP contribution in [0, 0.1) is 0 Å². The third-order valence-corrected chi connectivity index (χ3v) is 6.41. The number of amides is 2. The maximum atomic E-state index is 13.8. The summed E-state index contributed by atoms with van der Waals surface area (Å²) in [6.45, 7) is 12.9. The van der Waals surface area contributed by atoms with Gasteiger partial charge in [-0.05, 0) is 54.9 Å². The fourth-order valence-electron chi connectivity index (χ4n) is 4.35. The first-order valence-electron chi connectivity index (χ1n) is 13.2. The summed E-state index contributed by atoms with van der Waals surface area (Å²) in [6, 6.07) is 27.8. The molecule has 1 unspecified atom stereocenters. The monoisotopic (exact) mass is 498 g/mol. The van der Waals surface area contributed by atoms with Gasteiger partial charge in [0, 0.05) is 24.9 Å². The molecule has 0 radical (unpaired) electrons.